The molecule has 0 spiro atoms. The van der Waals surface area contributed by atoms with Gasteiger partial charge in [0, 0.05) is 23.9 Å². The molecule has 2 aliphatic rings. The monoisotopic (exact) mass is 689 g/mol. The smallest absolute Gasteiger partial charge is 0.337 e. The number of nitrogens with one attached hydrogen (secondary N) is 4. The van der Waals surface area contributed by atoms with Crippen LogP contribution in [0.2, 0.25) is 0 Å². The first kappa shape index (κ1) is 32.4. The molecule has 0 radical (unpaired) electrons. The van der Waals surface area contributed by atoms with Crippen LogP contribution in [0.3, 0.4) is 0 Å². The lowest BCUT2D eigenvalue weighted by molar-refractivity contribution is -0.110. The van der Waals surface area contributed by atoms with Crippen LogP contribution >= 0.6 is 11.8 Å². The van der Waals surface area contributed by atoms with Crippen molar-refractivity contribution in [2.24, 2.45) is 10.2 Å². The molecule has 0 saturated carbocycles. The average Bonchev–Trinajstić information content (AvgIpc) is 3.79. The number of anilines is 2. The van der Waals surface area contributed by atoms with Crippen molar-refractivity contribution in [2.45, 2.75) is 11.5 Å². The topological polar surface area (TPSA) is 228 Å². The Morgan fingerprint density at radius 1 is 0.857 bits per heavy atom. The Bertz CT molecular complexity index is 2090. The molecule has 2 aromatic carbocycles. The highest BCUT2D eigenvalue weighted by molar-refractivity contribution is 7.97. The Hall–Kier alpha value is -6.54. The maximum Gasteiger partial charge on any atom is 0.337 e. The van der Waals surface area contributed by atoms with Gasteiger partial charge in [0.05, 0.1) is 22.5 Å². The van der Waals surface area contributed by atoms with Crippen LogP contribution in [0.25, 0.3) is 5.82 Å². The molecule has 0 bridgehead atoms. The second-order valence-electron chi connectivity index (χ2n) is 10.1. The van der Waals surface area contributed by atoms with E-state index in [0.717, 1.165) is 36.0 Å². The molecule has 2 amide bonds. The molecule has 0 aliphatic carbocycles. The zero-order valence-electron chi connectivity index (χ0n) is 24.6. The minimum atomic E-state index is -1.50. The molecule has 4 heterocycles. The van der Waals surface area contributed by atoms with E-state index in [4.69, 9.17) is 0 Å². The zero-order chi connectivity index (χ0) is 34.7. The number of carbonyl (C=O) groups is 4. The van der Waals surface area contributed by atoms with Gasteiger partial charge in [0.1, 0.15) is 18.0 Å². The van der Waals surface area contributed by atoms with Crippen LogP contribution in [0.1, 0.15) is 42.3 Å². The van der Waals surface area contributed by atoms with Crippen LogP contribution in [-0.4, -0.2) is 70.4 Å². The van der Waals surface area contributed by atoms with Gasteiger partial charge in [-0.15, -0.1) is 25.9 Å². The predicted molar refractivity (Wildman–Crippen MR) is 170 cm³/mol. The number of carboxylic acids is 2. The minimum Gasteiger partial charge on any atom is -0.478 e. The Balaban J connectivity index is 1.16. The van der Waals surface area contributed by atoms with Crippen LogP contribution in [-0.2, 0) is 16.3 Å². The standard InChI is InChI=1S/C29H21F2N11O6S/c30-18-9-16(28(45)46)22(33-26(43)20-1-3-24(36-35-20)41-6-5-32-13-41)7-14(18)11-49-12-15-8-23(17(29(47)48)10-19(15)31)34-27(44)21-2-4-25-37-39-40-42(25)38-21/h1-10,13,39-40H,11-12H2,(H,33,43)(H,34,44)(H,45,46)(H,47,48). The summed E-state index contributed by atoms with van der Waals surface area (Å²) in [6.45, 7) is 0. The number of fused-ring (bicyclic) bond motifs is 1. The van der Waals surface area contributed by atoms with Crippen molar-refractivity contribution >= 4 is 58.4 Å². The highest BCUT2D eigenvalue weighted by Crippen LogP contribution is 2.29. The third-order valence-electron chi connectivity index (χ3n) is 6.87. The van der Waals surface area contributed by atoms with E-state index >= 15 is 4.39 Å². The quantitative estimate of drug-likeness (QED) is 0.133. The summed E-state index contributed by atoms with van der Waals surface area (Å²) in [5, 5.41) is 41.0. The van der Waals surface area contributed by atoms with Gasteiger partial charge in [0.2, 0.25) is 0 Å². The summed E-state index contributed by atoms with van der Waals surface area (Å²) >= 11 is 1.01. The lowest BCUT2D eigenvalue weighted by Crippen LogP contribution is -2.40. The molecule has 6 N–H and O–H groups in total. The van der Waals surface area contributed by atoms with Crippen molar-refractivity contribution in [3.8, 4) is 5.82 Å². The molecule has 6 rings (SSSR count). The highest BCUT2D eigenvalue weighted by atomic mass is 32.2. The molecule has 0 atom stereocenters. The normalized spacial score (nSPS) is 13.2. The van der Waals surface area contributed by atoms with Crippen LogP contribution < -0.4 is 21.7 Å². The van der Waals surface area contributed by atoms with E-state index in [1.807, 2.05) is 0 Å². The summed E-state index contributed by atoms with van der Waals surface area (Å²) < 4.78 is 31.5. The molecular weight excluding hydrogens is 668 g/mol. The van der Waals surface area contributed by atoms with Gasteiger partial charge in [0.15, 0.2) is 23.1 Å². The Morgan fingerprint density at radius 3 is 2.08 bits per heavy atom. The second-order valence-corrected chi connectivity index (χ2v) is 11.0. The molecule has 17 nitrogen and oxygen atoms in total. The van der Waals surface area contributed by atoms with Crippen molar-refractivity contribution in [1.82, 2.24) is 35.9 Å². The third kappa shape index (κ3) is 7.08. The number of imidazole rings is 1. The van der Waals surface area contributed by atoms with Crippen molar-refractivity contribution in [1.29, 1.82) is 0 Å². The summed E-state index contributed by atoms with van der Waals surface area (Å²) in [6.07, 6.45) is 7.47. The number of benzene rings is 2. The fourth-order valence-electron chi connectivity index (χ4n) is 4.47. The lowest BCUT2D eigenvalue weighted by atomic mass is 10.1. The molecule has 0 saturated heterocycles. The number of halogens is 2. The largest absolute Gasteiger partial charge is 0.478 e. The van der Waals surface area contributed by atoms with Crippen LogP contribution in [0, 0.1) is 11.6 Å². The summed E-state index contributed by atoms with van der Waals surface area (Å²) in [6, 6.07) is 6.67. The fourth-order valence-corrected chi connectivity index (χ4v) is 5.46. The van der Waals surface area contributed by atoms with Gasteiger partial charge in [-0.3, -0.25) is 14.2 Å². The van der Waals surface area contributed by atoms with E-state index in [0.29, 0.717) is 11.7 Å². The average molecular weight is 690 g/mol. The summed E-state index contributed by atoms with van der Waals surface area (Å²) in [7, 11) is 0. The number of thioether (sulfide) groups is 1. The van der Waals surface area contributed by atoms with Gasteiger partial charge >= 0.3 is 11.9 Å². The number of hydrogen-bond donors (Lipinski definition) is 6. The number of hydrogen-bond acceptors (Lipinski definition) is 13. The van der Waals surface area contributed by atoms with Crippen LogP contribution in [0.4, 0.5) is 20.2 Å². The van der Waals surface area contributed by atoms with E-state index in [1.54, 1.807) is 10.8 Å². The Labute approximate surface area is 277 Å². The number of carboxylic acid groups (broad SMARTS) is 2. The SMILES string of the molecule is O=C(Nc1cc(CSCc2cc(NC(=O)c3ccc(-n4ccnc4)nn3)c(C(=O)O)cc2F)c(F)cc1C(=O)O)C1=NN2NNN=C2C=C1. The molecule has 49 heavy (non-hydrogen) atoms. The molecule has 2 aliphatic heterocycles. The van der Waals surface area contributed by atoms with Gasteiger partial charge in [-0.2, -0.15) is 16.9 Å². The number of aromatic carboxylic acids is 2. The molecule has 0 unspecified atom stereocenters. The Morgan fingerprint density at radius 2 is 1.51 bits per heavy atom. The van der Waals surface area contributed by atoms with Gasteiger partial charge in [-0.05, 0) is 59.7 Å². The number of hydrazone groups is 2. The van der Waals surface area contributed by atoms with E-state index in [1.165, 1.54) is 41.9 Å². The number of carbonyl (C=O) groups excluding carboxylic acids is 2. The van der Waals surface area contributed by atoms with Crippen molar-refractivity contribution in [3.05, 3.63) is 107 Å². The van der Waals surface area contributed by atoms with Crippen molar-refractivity contribution in [3.63, 3.8) is 0 Å². The number of aromatic nitrogens is 4. The molecule has 20 heteroatoms. The summed E-state index contributed by atoms with van der Waals surface area (Å²) in [5.74, 6) is -5.83. The number of amidine groups is 1. The second kappa shape index (κ2) is 13.7. The number of amides is 2. The lowest BCUT2D eigenvalue weighted by Gasteiger charge is -2.16. The number of hydrazine groups is 2. The first-order chi connectivity index (χ1) is 23.6. The number of rotatable bonds is 11. The van der Waals surface area contributed by atoms with Gasteiger partial charge < -0.3 is 20.8 Å². The Kier molecular flexibility index (Phi) is 9.04. The van der Waals surface area contributed by atoms with Crippen molar-refractivity contribution < 1.29 is 38.2 Å². The highest BCUT2D eigenvalue weighted by Gasteiger charge is 2.24. The molecule has 4 aromatic rings. The number of nitrogens with zero attached hydrogens (tertiary/aromatic N) is 7. The first-order valence-corrected chi connectivity index (χ1v) is 15.0. The van der Waals surface area contributed by atoms with Gasteiger partial charge in [0.25, 0.3) is 11.8 Å². The minimum absolute atomic E-state index is 0.0138. The van der Waals surface area contributed by atoms with E-state index < -0.39 is 46.5 Å². The predicted octanol–water partition coefficient (Wildman–Crippen LogP) is 2.53. The first-order valence-electron chi connectivity index (χ1n) is 13.9. The zero-order valence-corrected chi connectivity index (χ0v) is 25.4. The summed E-state index contributed by atoms with van der Waals surface area (Å²) in [5.41, 5.74) is 3.29. The fraction of sp³-hybridized carbons (Fsp3) is 0.0690. The maximum atomic E-state index is 15.0. The summed E-state index contributed by atoms with van der Waals surface area (Å²) in [4.78, 5) is 53.4. The van der Waals surface area contributed by atoms with Crippen LogP contribution in [0.5, 0.6) is 0 Å². The molecule has 0 fully saturated rings. The third-order valence-corrected chi connectivity index (χ3v) is 7.90. The van der Waals surface area contributed by atoms with Crippen molar-refractivity contribution in [2.75, 3.05) is 10.6 Å². The van der Waals surface area contributed by atoms with Gasteiger partial charge in [-0.25, -0.2) is 28.9 Å². The molecule has 2 aromatic heterocycles. The van der Waals surface area contributed by atoms with Crippen LogP contribution in [0.15, 0.2) is 77.5 Å². The molecule has 248 valence electrons. The molecular formula is C29H21F2N11O6S. The van der Waals surface area contributed by atoms with E-state index in [-0.39, 0.29) is 45.4 Å². The van der Waals surface area contributed by atoms with E-state index in [9.17, 15) is 33.8 Å². The van der Waals surface area contributed by atoms with Gasteiger partial charge in [-0.1, -0.05) is 0 Å². The maximum absolute atomic E-state index is 15.0. The van der Waals surface area contributed by atoms with E-state index in [2.05, 4.69) is 47.1 Å².